The second kappa shape index (κ2) is 5.95. The highest BCUT2D eigenvalue weighted by molar-refractivity contribution is 7.80. The molecule has 3 heteroatoms. The Hall–Kier alpha value is -0.180. The van der Waals surface area contributed by atoms with E-state index in [0.717, 1.165) is 18.7 Å². The molecule has 0 aliphatic rings. The topological polar surface area (TPSA) is 24.4 Å². The first-order valence-electron chi connectivity index (χ1n) is 3.15. The number of hydrogen-bond donors (Lipinski definition) is 2. The molecule has 0 unspecified atom stereocenters. The predicted octanol–water partition coefficient (Wildman–Crippen LogP) is 1.29. The number of hydrogen-bond acceptors (Lipinski definition) is 2. The van der Waals surface area contributed by atoms with Crippen LogP contribution in [0, 0.1) is 0 Å². The van der Waals surface area contributed by atoms with E-state index in [0.29, 0.717) is 5.88 Å². The number of thiol groups is 1. The number of aliphatic imine (C=N–C) groups is 1. The Morgan fingerprint density at radius 2 is 2.33 bits per heavy atom. The zero-order valence-corrected chi connectivity index (χ0v) is 6.91. The van der Waals surface area contributed by atoms with Crippen molar-refractivity contribution in [3.05, 3.63) is 0 Å². The summed E-state index contributed by atoms with van der Waals surface area (Å²) in [7, 11) is 1.79. The minimum atomic E-state index is 0.673. The first kappa shape index (κ1) is 8.82. The zero-order chi connectivity index (χ0) is 7.11. The van der Waals surface area contributed by atoms with Crippen LogP contribution < -0.4 is 5.32 Å². The minimum absolute atomic E-state index is 0.673. The van der Waals surface area contributed by atoms with E-state index in [1.807, 2.05) is 0 Å². The van der Waals surface area contributed by atoms with Gasteiger partial charge in [-0.15, -0.1) is 0 Å². The van der Waals surface area contributed by atoms with Crippen molar-refractivity contribution in [1.29, 1.82) is 0 Å². The third-order valence-electron chi connectivity index (χ3n) is 1.04. The van der Waals surface area contributed by atoms with Gasteiger partial charge in [0.1, 0.15) is 0 Å². The number of rotatable bonds is 3. The SMILES string of the molecule is CCCC(=NC)NCS. The Morgan fingerprint density at radius 3 is 2.67 bits per heavy atom. The van der Waals surface area contributed by atoms with E-state index in [1.54, 1.807) is 7.05 Å². The summed E-state index contributed by atoms with van der Waals surface area (Å²) in [5.41, 5.74) is 0. The minimum Gasteiger partial charge on any atom is -0.365 e. The Balaban J connectivity index is 3.43. The number of nitrogens with zero attached hydrogens (tertiary/aromatic N) is 1. The van der Waals surface area contributed by atoms with E-state index in [-0.39, 0.29) is 0 Å². The monoisotopic (exact) mass is 146 g/mol. The summed E-state index contributed by atoms with van der Waals surface area (Å²) in [6.07, 6.45) is 2.16. The number of nitrogens with one attached hydrogen (secondary N) is 1. The van der Waals surface area contributed by atoms with Crippen molar-refractivity contribution in [3.8, 4) is 0 Å². The van der Waals surface area contributed by atoms with Crippen LogP contribution in [0.3, 0.4) is 0 Å². The molecule has 0 aromatic heterocycles. The molecule has 0 heterocycles. The maximum absolute atomic E-state index is 4.02. The second-order valence-corrected chi connectivity index (χ2v) is 2.07. The first-order chi connectivity index (χ1) is 4.35. The van der Waals surface area contributed by atoms with Crippen molar-refractivity contribution in [3.63, 3.8) is 0 Å². The fourth-order valence-electron chi connectivity index (χ4n) is 0.607. The molecule has 1 N–H and O–H groups in total. The highest BCUT2D eigenvalue weighted by Gasteiger charge is 1.90. The molecule has 0 radical (unpaired) electrons. The molecule has 54 valence electrons. The third-order valence-corrected chi connectivity index (χ3v) is 1.20. The van der Waals surface area contributed by atoms with E-state index >= 15 is 0 Å². The summed E-state index contributed by atoms with van der Waals surface area (Å²) in [5.74, 6) is 1.72. The fraction of sp³-hybridized carbons (Fsp3) is 0.833. The van der Waals surface area contributed by atoms with Gasteiger partial charge in [-0.25, -0.2) is 0 Å². The van der Waals surface area contributed by atoms with Gasteiger partial charge in [0.2, 0.25) is 0 Å². The molecule has 0 saturated heterocycles. The molecular weight excluding hydrogens is 132 g/mol. The van der Waals surface area contributed by atoms with Crippen molar-refractivity contribution in [2.75, 3.05) is 12.9 Å². The molecule has 0 saturated carbocycles. The maximum Gasteiger partial charge on any atom is 0.0965 e. The molecular formula is C6H14N2S. The standard InChI is InChI=1S/C6H14N2S/c1-3-4-6(7-2)8-5-9/h9H,3-5H2,1-2H3,(H,7,8). The van der Waals surface area contributed by atoms with Crippen molar-refractivity contribution in [2.45, 2.75) is 19.8 Å². The molecule has 0 aliphatic heterocycles. The molecule has 9 heavy (non-hydrogen) atoms. The fourth-order valence-corrected chi connectivity index (χ4v) is 0.790. The Bertz CT molecular complexity index is 83.1. The summed E-state index contributed by atoms with van der Waals surface area (Å²) in [5, 5.41) is 3.05. The van der Waals surface area contributed by atoms with Crippen LogP contribution in [0.4, 0.5) is 0 Å². The van der Waals surface area contributed by atoms with Gasteiger partial charge in [0.15, 0.2) is 0 Å². The van der Waals surface area contributed by atoms with Crippen LogP contribution in [0.25, 0.3) is 0 Å². The van der Waals surface area contributed by atoms with Crippen LogP contribution >= 0.6 is 12.6 Å². The van der Waals surface area contributed by atoms with E-state index in [9.17, 15) is 0 Å². The van der Waals surface area contributed by atoms with Crippen LogP contribution in [0.15, 0.2) is 4.99 Å². The molecule has 0 fully saturated rings. The molecule has 0 atom stereocenters. The lowest BCUT2D eigenvalue weighted by Crippen LogP contribution is -2.21. The van der Waals surface area contributed by atoms with Gasteiger partial charge in [-0.2, -0.15) is 12.6 Å². The van der Waals surface area contributed by atoms with Crippen molar-refractivity contribution in [1.82, 2.24) is 5.32 Å². The lowest BCUT2D eigenvalue weighted by molar-refractivity contribution is 0.932. The van der Waals surface area contributed by atoms with Gasteiger partial charge in [-0.05, 0) is 6.42 Å². The second-order valence-electron chi connectivity index (χ2n) is 1.76. The molecule has 0 aliphatic carbocycles. The van der Waals surface area contributed by atoms with Gasteiger partial charge in [-0.1, -0.05) is 6.92 Å². The van der Waals surface area contributed by atoms with Crippen LogP contribution in [0.1, 0.15) is 19.8 Å². The zero-order valence-electron chi connectivity index (χ0n) is 6.02. The largest absolute Gasteiger partial charge is 0.365 e. The van der Waals surface area contributed by atoms with E-state index in [2.05, 4.69) is 29.9 Å². The highest BCUT2D eigenvalue weighted by Crippen LogP contribution is 1.87. The van der Waals surface area contributed by atoms with Crippen molar-refractivity contribution in [2.24, 2.45) is 4.99 Å². The third kappa shape index (κ3) is 4.33. The summed E-state index contributed by atoms with van der Waals surface area (Å²) in [6, 6.07) is 0. The summed E-state index contributed by atoms with van der Waals surface area (Å²) in [4.78, 5) is 4.02. The Labute approximate surface area is 62.2 Å². The van der Waals surface area contributed by atoms with Gasteiger partial charge in [0, 0.05) is 13.5 Å². The molecule has 0 aromatic rings. The van der Waals surface area contributed by atoms with Crippen LogP contribution in [0.5, 0.6) is 0 Å². The summed E-state index contributed by atoms with van der Waals surface area (Å²) in [6.45, 7) is 2.13. The molecule has 0 aromatic carbocycles. The highest BCUT2D eigenvalue weighted by atomic mass is 32.1. The lowest BCUT2D eigenvalue weighted by atomic mass is 10.3. The molecule has 0 bridgehead atoms. The average Bonchev–Trinajstić information content (AvgIpc) is 1.88. The van der Waals surface area contributed by atoms with Crippen molar-refractivity contribution < 1.29 is 0 Å². The van der Waals surface area contributed by atoms with Crippen LogP contribution in [-0.4, -0.2) is 18.8 Å². The summed E-state index contributed by atoms with van der Waals surface area (Å²) >= 11 is 4.01. The molecule has 0 spiro atoms. The van der Waals surface area contributed by atoms with Crippen LogP contribution in [-0.2, 0) is 0 Å². The van der Waals surface area contributed by atoms with Gasteiger partial charge in [-0.3, -0.25) is 4.99 Å². The lowest BCUT2D eigenvalue weighted by Gasteiger charge is -2.02. The van der Waals surface area contributed by atoms with Gasteiger partial charge in [0.25, 0.3) is 0 Å². The normalized spacial score (nSPS) is 11.7. The molecule has 0 amide bonds. The first-order valence-corrected chi connectivity index (χ1v) is 3.78. The summed E-state index contributed by atoms with van der Waals surface area (Å²) < 4.78 is 0. The van der Waals surface area contributed by atoms with Gasteiger partial charge < -0.3 is 5.32 Å². The van der Waals surface area contributed by atoms with E-state index < -0.39 is 0 Å². The predicted molar refractivity (Wildman–Crippen MR) is 45.3 cm³/mol. The quantitative estimate of drug-likeness (QED) is 0.267. The Kier molecular flexibility index (Phi) is 5.83. The maximum atomic E-state index is 4.02. The Morgan fingerprint density at radius 1 is 1.67 bits per heavy atom. The molecule has 0 rings (SSSR count). The van der Waals surface area contributed by atoms with Crippen molar-refractivity contribution >= 4 is 18.5 Å². The van der Waals surface area contributed by atoms with Crippen LogP contribution in [0.2, 0.25) is 0 Å². The number of amidine groups is 1. The van der Waals surface area contributed by atoms with Gasteiger partial charge >= 0.3 is 0 Å². The average molecular weight is 146 g/mol. The van der Waals surface area contributed by atoms with E-state index in [4.69, 9.17) is 0 Å². The smallest absolute Gasteiger partial charge is 0.0965 e. The van der Waals surface area contributed by atoms with E-state index in [1.165, 1.54) is 0 Å². The van der Waals surface area contributed by atoms with Gasteiger partial charge in [0.05, 0.1) is 11.7 Å². The molecule has 2 nitrogen and oxygen atoms in total.